The first-order valence-electron chi connectivity index (χ1n) is 9.59. The fourth-order valence-corrected chi connectivity index (χ4v) is 3.83. The van der Waals surface area contributed by atoms with E-state index in [-0.39, 0.29) is 16.5 Å². The molecule has 1 heterocycles. The van der Waals surface area contributed by atoms with E-state index >= 15 is 0 Å². The fourth-order valence-electron chi connectivity index (χ4n) is 3.83. The molecule has 2 aromatic carbocycles. The van der Waals surface area contributed by atoms with Crippen LogP contribution in [0.5, 0.6) is 0 Å². The first-order valence-corrected chi connectivity index (χ1v) is 9.59. The third-order valence-corrected chi connectivity index (χ3v) is 5.61. The summed E-state index contributed by atoms with van der Waals surface area (Å²) in [6, 6.07) is 21.2. The molecule has 1 aromatic heterocycles. The molecule has 5 nitrogen and oxygen atoms in total. The summed E-state index contributed by atoms with van der Waals surface area (Å²) in [5.41, 5.74) is 2.27. The Morgan fingerprint density at radius 2 is 1.71 bits per heavy atom. The summed E-state index contributed by atoms with van der Waals surface area (Å²) in [6.45, 7) is 2.32. The van der Waals surface area contributed by atoms with Crippen LogP contribution in [-0.4, -0.2) is 22.2 Å². The van der Waals surface area contributed by atoms with Crippen molar-refractivity contribution in [2.45, 2.75) is 31.6 Å². The number of aromatic nitrogens is 2. The van der Waals surface area contributed by atoms with Gasteiger partial charge in [0, 0.05) is 23.7 Å². The Morgan fingerprint density at radius 1 is 1.07 bits per heavy atom. The lowest BCUT2D eigenvalue weighted by Crippen LogP contribution is -2.46. The summed E-state index contributed by atoms with van der Waals surface area (Å²) in [4.78, 5) is 25.2. The summed E-state index contributed by atoms with van der Waals surface area (Å²) in [6.07, 6.45) is 3.22. The highest BCUT2D eigenvalue weighted by Gasteiger charge is 2.39. The standard InChI is InChI=1S/C23H23N3O2/c1-17-15-20(27)21(25-26(17)19-11-6-3-7-12-19)22(28)24-16-23(13-8-14-23)18-9-4-2-5-10-18/h2-7,9-12,15H,8,13-14,16H2,1H3,(H,24,28). The minimum atomic E-state index is -0.420. The molecule has 142 valence electrons. The first kappa shape index (κ1) is 18.2. The molecular formula is C23H23N3O2. The number of aryl methyl sites for hydroxylation is 1. The molecule has 1 amide bonds. The van der Waals surface area contributed by atoms with Crippen LogP contribution in [0.2, 0.25) is 0 Å². The van der Waals surface area contributed by atoms with Gasteiger partial charge < -0.3 is 5.32 Å². The Bertz CT molecular complexity index is 1040. The van der Waals surface area contributed by atoms with Gasteiger partial charge in [-0.2, -0.15) is 5.10 Å². The molecule has 0 aliphatic heterocycles. The van der Waals surface area contributed by atoms with E-state index in [1.54, 1.807) is 4.68 Å². The average Bonchev–Trinajstić information content (AvgIpc) is 2.68. The molecule has 1 aliphatic rings. The Kier molecular flexibility index (Phi) is 4.82. The number of nitrogens with zero attached hydrogens (tertiary/aromatic N) is 2. The van der Waals surface area contributed by atoms with Crippen LogP contribution in [-0.2, 0) is 5.41 Å². The Balaban J connectivity index is 1.58. The van der Waals surface area contributed by atoms with Crippen molar-refractivity contribution in [2.24, 2.45) is 0 Å². The van der Waals surface area contributed by atoms with E-state index in [1.165, 1.54) is 11.6 Å². The van der Waals surface area contributed by atoms with Crippen molar-refractivity contribution in [3.05, 3.63) is 93.9 Å². The van der Waals surface area contributed by atoms with Crippen LogP contribution in [0.3, 0.4) is 0 Å². The molecule has 4 rings (SSSR count). The molecular weight excluding hydrogens is 350 g/mol. The maximum absolute atomic E-state index is 12.8. The molecule has 0 atom stereocenters. The van der Waals surface area contributed by atoms with Crippen LogP contribution in [0, 0.1) is 6.92 Å². The number of hydrogen-bond donors (Lipinski definition) is 1. The molecule has 1 saturated carbocycles. The highest BCUT2D eigenvalue weighted by molar-refractivity contribution is 5.92. The van der Waals surface area contributed by atoms with Gasteiger partial charge in [-0.3, -0.25) is 9.59 Å². The van der Waals surface area contributed by atoms with E-state index in [9.17, 15) is 9.59 Å². The molecule has 1 fully saturated rings. The predicted octanol–water partition coefficient (Wildman–Crippen LogP) is 3.39. The summed E-state index contributed by atoms with van der Waals surface area (Å²) < 4.78 is 1.63. The van der Waals surface area contributed by atoms with E-state index in [4.69, 9.17) is 0 Å². The lowest BCUT2D eigenvalue weighted by molar-refractivity contribution is 0.0920. The van der Waals surface area contributed by atoms with Crippen LogP contribution in [0.1, 0.15) is 41.0 Å². The third-order valence-electron chi connectivity index (χ3n) is 5.61. The number of rotatable bonds is 5. The summed E-state index contributed by atoms with van der Waals surface area (Å²) in [5, 5.41) is 7.32. The van der Waals surface area contributed by atoms with Gasteiger partial charge in [-0.25, -0.2) is 4.68 Å². The lowest BCUT2D eigenvalue weighted by Gasteiger charge is -2.42. The molecule has 0 bridgehead atoms. The molecule has 0 spiro atoms. The summed E-state index contributed by atoms with van der Waals surface area (Å²) >= 11 is 0. The maximum Gasteiger partial charge on any atom is 0.275 e. The van der Waals surface area contributed by atoms with Crippen molar-refractivity contribution >= 4 is 5.91 Å². The summed E-state index contributed by atoms with van der Waals surface area (Å²) in [5.74, 6) is -0.420. The summed E-state index contributed by atoms with van der Waals surface area (Å²) in [7, 11) is 0. The second-order valence-corrected chi connectivity index (χ2v) is 7.43. The first-order chi connectivity index (χ1) is 13.6. The van der Waals surface area contributed by atoms with Crippen molar-refractivity contribution in [3.8, 4) is 5.69 Å². The van der Waals surface area contributed by atoms with Gasteiger partial charge in [0.1, 0.15) is 0 Å². The molecule has 0 saturated heterocycles. The maximum atomic E-state index is 12.8. The number of benzene rings is 2. The number of para-hydroxylation sites is 1. The molecule has 1 aliphatic carbocycles. The van der Waals surface area contributed by atoms with Gasteiger partial charge in [0.2, 0.25) is 5.43 Å². The largest absolute Gasteiger partial charge is 0.350 e. The smallest absolute Gasteiger partial charge is 0.275 e. The highest BCUT2D eigenvalue weighted by Crippen LogP contribution is 2.43. The van der Waals surface area contributed by atoms with Gasteiger partial charge >= 0.3 is 0 Å². The molecule has 1 N–H and O–H groups in total. The second-order valence-electron chi connectivity index (χ2n) is 7.43. The van der Waals surface area contributed by atoms with E-state index in [1.807, 2.05) is 55.5 Å². The normalized spacial score (nSPS) is 14.9. The lowest BCUT2D eigenvalue weighted by atomic mass is 9.64. The van der Waals surface area contributed by atoms with Crippen LogP contribution >= 0.6 is 0 Å². The van der Waals surface area contributed by atoms with E-state index < -0.39 is 5.91 Å². The average molecular weight is 373 g/mol. The van der Waals surface area contributed by atoms with Crippen molar-refractivity contribution in [2.75, 3.05) is 6.54 Å². The van der Waals surface area contributed by atoms with Crippen molar-refractivity contribution in [1.29, 1.82) is 0 Å². The Labute approximate surface area is 164 Å². The van der Waals surface area contributed by atoms with Crippen molar-refractivity contribution in [3.63, 3.8) is 0 Å². The number of amides is 1. The number of carbonyl (C=O) groups excluding carboxylic acids is 1. The van der Waals surface area contributed by atoms with Crippen LogP contribution < -0.4 is 10.7 Å². The van der Waals surface area contributed by atoms with Gasteiger partial charge in [0.15, 0.2) is 5.69 Å². The van der Waals surface area contributed by atoms with Crippen molar-refractivity contribution in [1.82, 2.24) is 15.1 Å². The van der Waals surface area contributed by atoms with Gasteiger partial charge in [0.05, 0.1) is 5.69 Å². The third kappa shape index (κ3) is 3.36. The van der Waals surface area contributed by atoms with Gasteiger partial charge in [-0.15, -0.1) is 0 Å². The van der Waals surface area contributed by atoms with Crippen LogP contribution in [0.25, 0.3) is 5.69 Å². The minimum absolute atomic E-state index is 0.0416. The Hall–Kier alpha value is -3.21. The van der Waals surface area contributed by atoms with Crippen LogP contribution in [0.4, 0.5) is 0 Å². The number of hydrogen-bond acceptors (Lipinski definition) is 3. The zero-order valence-corrected chi connectivity index (χ0v) is 15.9. The van der Waals surface area contributed by atoms with Gasteiger partial charge in [-0.05, 0) is 37.5 Å². The zero-order chi connectivity index (χ0) is 19.6. The van der Waals surface area contributed by atoms with Crippen LogP contribution in [0.15, 0.2) is 71.5 Å². The topological polar surface area (TPSA) is 64.0 Å². The molecule has 5 heteroatoms. The van der Waals surface area contributed by atoms with Gasteiger partial charge in [0.25, 0.3) is 5.91 Å². The predicted molar refractivity (Wildman–Crippen MR) is 109 cm³/mol. The fraction of sp³-hybridized carbons (Fsp3) is 0.261. The molecule has 28 heavy (non-hydrogen) atoms. The molecule has 3 aromatic rings. The minimum Gasteiger partial charge on any atom is -0.350 e. The van der Waals surface area contributed by atoms with E-state index in [0.29, 0.717) is 12.2 Å². The second kappa shape index (κ2) is 7.43. The number of carbonyl (C=O) groups is 1. The Morgan fingerprint density at radius 3 is 2.32 bits per heavy atom. The quantitative estimate of drug-likeness (QED) is 0.746. The molecule has 0 radical (unpaired) electrons. The van der Waals surface area contributed by atoms with Gasteiger partial charge in [-0.1, -0.05) is 55.0 Å². The highest BCUT2D eigenvalue weighted by atomic mass is 16.2. The van der Waals surface area contributed by atoms with E-state index in [0.717, 1.165) is 24.9 Å². The van der Waals surface area contributed by atoms with Crippen molar-refractivity contribution < 1.29 is 4.79 Å². The van der Waals surface area contributed by atoms with E-state index in [2.05, 4.69) is 22.5 Å². The zero-order valence-electron chi connectivity index (χ0n) is 15.9. The number of nitrogens with one attached hydrogen (secondary N) is 1. The molecule has 0 unspecified atom stereocenters. The monoisotopic (exact) mass is 373 g/mol. The SMILES string of the molecule is Cc1cc(=O)c(C(=O)NCC2(c3ccccc3)CCC2)nn1-c1ccccc1.